The molecule has 138 valence electrons. The van der Waals surface area contributed by atoms with Gasteiger partial charge in [0.15, 0.2) is 4.90 Å². The van der Waals surface area contributed by atoms with Crippen molar-refractivity contribution in [2.75, 3.05) is 11.1 Å². The minimum atomic E-state index is 0. The van der Waals surface area contributed by atoms with Gasteiger partial charge >= 0.3 is 0 Å². The first-order chi connectivity index (χ1) is 11.9. The molecule has 1 nitrogen and oxygen atoms in total. The number of fused-ring (bicyclic) bond motifs is 3. The van der Waals surface area contributed by atoms with Gasteiger partial charge in [0.2, 0.25) is 5.03 Å². The molecule has 4 rings (SSSR count). The Labute approximate surface area is 177 Å². The predicted molar refractivity (Wildman–Crippen MR) is 112 cm³/mol. The first-order valence-electron chi connectivity index (χ1n) is 9.35. The molecule has 2 aliphatic rings. The van der Waals surface area contributed by atoms with Crippen LogP contribution in [0.4, 0.5) is 5.69 Å². The third kappa shape index (κ3) is 3.22. The van der Waals surface area contributed by atoms with Crippen LogP contribution in [-0.4, -0.2) is 5.75 Å². The molecule has 1 heterocycles. The van der Waals surface area contributed by atoms with E-state index in [1.165, 1.54) is 49.7 Å². The first kappa shape index (κ1) is 19.8. The number of anilines is 1. The van der Waals surface area contributed by atoms with Crippen LogP contribution in [0, 0.1) is 18.3 Å². The third-order valence-corrected chi connectivity index (χ3v) is 7.97. The monoisotopic (exact) mass is 477 g/mol. The van der Waals surface area contributed by atoms with Crippen LogP contribution in [0.2, 0.25) is 0 Å². The lowest BCUT2D eigenvalue weighted by molar-refractivity contribution is -0.00000563. The zero-order valence-electron chi connectivity index (χ0n) is 16.3. The first-order valence-corrected chi connectivity index (χ1v) is 10.7. The van der Waals surface area contributed by atoms with Crippen molar-refractivity contribution in [3.63, 3.8) is 0 Å². The summed E-state index contributed by atoms with van der Waals surface area (Å²) in [6, 6.07) is 11.1. The van der Waals surface area contributed by atoms with Crippen LogP contribution < -0.4 is 29.3 Å². The van der Waals surface area contributed by atoms with E-state index in [4.69, 9.17) is 0 Å². The number of allylic oxidation sites excluding steroid dienone is 3. The zero-order valence-corrected chi connectivity index (χ0v) is 19.3. The predicted octanol–water partition coefficient (Wildman–Crippen LogP) is 3.41. The van der Waals surface area contributed by atoms with Gasteiger partial charge in [0.05, 0.1) is 10.9 Å². The number of aryl methyl sites for hydroxylation is 1. The van der Waals surface area contributed by atoms with Gasteiger partial charge in [-0.15, -0.1) is 0 Å². The smallest absolute Gasteiger partial charge is 0.234 e. The molecule has 0 radical (unpaired) electrons. The Balaban J connectivity index is 0.00000196. The van der Waals surface area contributed by atoms with Gasteiger partial charge in [-0.05, 0) is 43.1 Å². The molecule has 0 fully saturated rings. The Bertz CT molecular complexity index is 910. The van der Waals surface area contributed by atoms with E-state index in [1.54, 1.807) is 0 Å². The quantitative estimate of drug-likeness (QED) is 0.491. The molecule has 1 aliphatic carbocycles. The molecule has 0 bridgehead atoms. The fraction of sp³-hybridized carbons (Fsp3) is 0.391. The van der Waals surface area contributed by atoms with E-state index in [-0.39, 0.29) is 34.9 Å². The number of hydrogen-bond acceptors (Lipinski definition) is 1. The zero-order chi connectivity index (χ0) is 17.8. The van der Waals surface area contributed by atoms with Gasteiger partial charge in [-0.1, -0.05) is 57.2 Å². The summed E-state index contributed by atoms with van der Waals surface area (Å²) in [5.74, 6) is 1.77. The summed E-state index contributed by atoms with van der Waals surface area (Å²) in [6.07, 6.45) is 6.03. The summed E-state index contributed by atoms with van der Waals surface area (Å²) in [7, 11) is 0.160. The minimum absolute atomic E-state index is 0. The second-order valence-electron chi connectivity index (χ2n) is 8.13. The number of nitrogens with one attached hydrogen (secondary N) is 1. The van der Waals surface area contributed by atoms with E-state index in [0.29, 0.717) is 11.3 Å². The average Bonchev–Trinajstić information content (AvgIpc) is 2.94. The van der Waals surface area contributed by atoms with Crippen molar-refractivity contribution in [1.29, 1.82) is 0 Å². The molecule has 2 aromatic rings. The highest BCUT2D eigenvalue weighted by atomic mass is 127. The van der Waals surface area contributed by atoms with Crippen molar-refractivity contribution in [3.05, 3.63) is 58.6 Å². The molecule has 2 atom stereocenters. The van der Waals surface area contributed by atoms with Gasteiger partial charge in [-0.25, -0.2) is 0 Å². The highest BCUT2D eigenvalue weighted by Gasteiger charge is 2.42. The second-order valence-corrected chi connectivity index (χ2v) is 10.3. The van der Waals surface area contributed by atoms with Crippen LogP contribution in [0.15, 0.2) is 58.0 Å². The summed E-state index contributed by atoms with van der Waals surface area (Å²) < 4.78 is 0. The van der Waals surface area contributed by atoms with Crippen molar-refractivity contribution in [2.45, 2.75) is 45.9 Å². The Morgan fingerprint density at radius 3 is 2.65 bits per heavy atom. The second kappa shape index (κ2) is 7.23. The maximum absolute atomic E-state index is 3.89. The SMILES string of the molecule is CC[S+]1C(=C2C=CC(C)(C)CC2C)Nc2c1c(C)cc1ccccc21.[I-]. The lowest BCUT2D eigenvalue weighted by atomic mass is 9.76. The molecule has 0 saturated carbocycles. The molecule has 0 aromatic heterocycles. The molecular weight excluding hydrogens is 449 g/mol. The van der Waals surface area contributed by atoms with Crippen LogP contribution in [0.25, 0.3) is 10.8 Å². The Kier molecular flexibility index (Phi) is 5.51. The van der Waals surface area contributed by atoms with Crippen LogP contribution in [0.5, 0.6) is 0 Å². The van der Waals surface area contributed by atoms with Gasteiger partial charge in [0.1, 0.15) is 11.4 Å². The largest absolute Gasteiger partial charge is 1.00 e. The number of hydrogen-bond donors (Lipinski definition) is 1. The molecule has 1 N–H and O–H groups in total. The highest BCUT2D eigenvalue weighted by molar-refractivity contribution is 8.01. The Morgan fingerprint density at radius 1 is 1.23 bits per heavy atom. The molecule has 3 heteroatoms. The standard InChI is InChI=1S/C23H28NS.HI/c1-6-25-21-15(2)13-17-9-7-8-10-19(17)20(21)24-22(25)18-11-12-23(4,5)14-16(18)3;/h7-13,16,24H,6,14H2,1-5H3;1H/q+1;/p-1. The van der Waals surface area contributed by atoms with Gasteiger partial charge in [-0.3, -0.25) is 0 Å². The van der Waals surface area contributed by atoms with Gasteiger partial charge in [0.25, 0.3) is 0 Å². The fourth-order valence-electron chi connectivity index (χ4n) is 4.44. The summed E-state index contributed by atoms with van der Waals surface area (Å²) in [5, 5.41) is 8.05. The lowest BCUT2D eigenvalue weighted by Crippen LogP contribution is -3.00. The molecule has 2 aromatic carbocycles. The van der Waals surface area contributed by atoms with E-state index >= 15 is 0 Å². The van der Waals surface area contributed by atoms with Gasteiger partial charge < -0.3 is 29.3 Å². The number of halogens is 1. The fourth-order valence-corrected chi connectivity index (χ4v) is 6.85. The molecule has 1 aliphatic heterocycles. The summed E-state index contributed by atoms with van der Waals surface area (Å²) in [5.41, 5.74) is 4.61. The van der Waals surface area contributed by atoms with Crippen LogP contribution >= 0.6 is 0 Å². The molecule has 0 saturated heterocycles. The van der Waals surface area contributed by atoms with Gasteiger partial charge in [0, 0.05) is 16.5 Å². The Hall–Kier alpha value is -0.940. The third-order valence-electron chi connectivity index (χ3n) is 5.55. The Morgan fingerprint density at radius 2 is 1.96 bits per heavy atom. The van der Waals surface area contributed by atoms with Crippen molar-refractivity contribution in [3.8, 4) is 0 Å². The lowest BCUT2D eigenvalue weighted by Gasteiger charge is -2.30. The van der Waals surface area contributed by atoms with E-state index in [1.807, 2.05) is 0 Å². The van der Waals surface area contributed by atoms with Crippen molar-refractivity contribution < 1.29 is 24.0 Å². The van der Waals surface area contributed by atoms with E-state index in [2.05, 4.69) is 82.4 Å². The topological polar surface area (TPSA) is 12.0 Å². The normalized spacial score (nSPS) is 26.3. The number of benzene rings is 2. The van der Waals surface area contributed by atoms with Crippen LogP contribution in [0.1, 0.15) is 39.7 Å². The van der Waals surface area contributed by atoms with Crippen LogP contribution in [0.3, 0.4) is 0 Å². The summed E-state index contributed by atoms with van der Waals surface area (Å²) in [4.78, 5) is 1.54. The molecule has 2 unspecified atom stereocenters. The molecule has 0 spiro atoms. The van der Waals surface area contributed by atoms with Gasteiger partial charge in [-0.2, -0.15) is 0 Å². The van der Waals surface area contributed by atoms with Crippen molar-refractivity contribution in [1.82, 2.24) is 0 Å². The summed E-state index contributed by atoms with van der Waals surface area (Å²) in [6.45, 7) is 11.7. The summed E-state index contributed by atoms with van der Waals surface area (Å²) >= 11 is 0. The van der Waals surface area contributed by atoms with Crippen LogP contribution in [-0.2, 0) is 10.9 Å². The molecular formula is C23H28INS. The van der Waals surface area contributed by atoms with Crippen molar-refractivity contribution in [2.24, 2.45) is 11.3 Å². The number of rotatable bonds is 1. The maximum atomic E-state index is 3.89. The maximum Gasteiger partial charge on any atom is 0.234 e. The highest BCUT2D eigenvalue weighted by Crippen LogP contribution is 2.47. The van der Waals surface area contributed by atoms with Crippen molar-refractivity contribution >= 4 is 27.4 Å². The average molecular weight is 477 g/mol. The minimum Gasteiger partial charge on any atom is -1.00 e. The molecule has 26 heavy (non-hydrogen) atoms. The molecule has 0 amide bonds. The van der Waals surface area contributed by atoms with E-state index in [0.717, 1.165) is 0 Å². The van der Waals surface area contributed by atoms with E-state index < -0.39 is 0 Å². The van der Waals surface area contributed by atoms with E-state index in [9.17, 15) is 0 Å².